The second kappa shape index (κ2) is 5.48. The Morgan fingerprint density at radius 2 is 2.12 bits per heavy atom. The Labute approximate surface area is 107 Å². The molecule has 0 radical (unpaired) electrons. The van der Waals surface area contributed by atoms with Crippen LogP contribution in [0.15, 0.2) is 30.3 Å². The predicted molar refractivity (Wildman–Crippen MR) is 71.7 cm³/mol. The van der Waals surface area contributed by atoms with Gasteiger partial charge in [0.15, 0.2) is 0 Å². The van der Waals surface area contributed by atoms with Crippen LogP contribution in [0.1, 0.15) is 11.3 Å². The molecule has 0 bridgehead atoms. The Bertz CT molecular complexity index is 513. The second-order valence-electron chi connectivity index (χ2n) is 4.20. The largest absolute Gasteiger partial charge is 0.383 e. The zero-order valence-electron chi connectivity index (χ0n) is 10.1. The summed E-state index contributed by atoms with van der Waals surface area (Å²) < 4.78 is 5.07. The molecule has 1 unspecified atom stereocenters. The summed E-state index contributed by atoms with van der Waals surface area (Å²) >= 11 is 6.22. The first-order chi connectivity index (χ1) is 8.20. The molecule has 0 saturated heterocycles. The lowest BCUT2D eigenvalue weighted by molar-refractivity contribution is 0.198. The maximum Gasteiger partial charge on any atom is 0.0707 e. The molecule has 2 rings (SSSR count). The summed E-state index contributed by atoms with van der Waals surface area (Å²) in [5, 5.41) is 1.19. The minimum Gasteiger partial charge on any atom is -0.383 e. The summed E-state index contributed by atoms with van der Waals surface area (Å²) in [5.41, 5.74) is 3.30. The maximum absolute atomic E-state index is 6.22. The van der Waals surface area contributed by atoms with Crippen LogP contribution in [0.4, 0.5) is 0 Å². The Kier molecular flexibility index (Phi) is 3.97. The van der Waals surface area contributed by atoms with Crippen LogP contribution < -0.4 is 0 Å². The Morgan fingerprint density at radius 1 is 1.35 bits per heavy atom. The molecule has 0 aliphatic carbocycles. The predicted octanol–water partition coefficient (Wildman–Crippen LogP) is 3.34. The highest BCUT2D eigenvalue weighted by Gasteiger charge is 2.09. The van der Waals surface area contributed by atoms with E-state index in [0.29, 0.717) is 6.61 Å². The average molecular weight is 250 g/mol. The number of methoxy groups -OCH3 is 1. The van der Waals surface area contributed by atoms with E-state index >= 15 is 0 Å². The molecule has 90 valence electrons. The van der Waals surface area contributed by atoms with E-state index in [4.69, 9.17) is 16.3 Å². The van der Waals surface area contributed by atoms with Crippen molar-refractivity contribution in [1.82, 2.24) is 4.98 Å². The van der Waals surface area contributed by atoms with Gasteiger partial charge in [0, 0.05) is 18.2 Å². The van der Waals surface area contributed by atoms with Crippen molar-refractivity contribution < 1.29 is 4.74 Å². The SMILES string of the molecule is COCC(Cl)Cc1cc(C)nc2ccccc12. The quantitative estimate of drug-likeness (QED) is 0.776. The number of rotatable bonds is 4. The number of hydrogen-bond donors (Lipinski definition) is 0. The number of aromatic nitrogens is 1. The fourth-order valence-electron chi connectivity index (χ4n) is 2.04. The highest BCUT2D eigenvalue weighted by molar-refractivity contribution is 6.21. The lowest BCUT2D eigenvalue weighted by atomic mass is 10.0. The van der Waals surface area contributed by atoms with Gasteiger partial charge in [-0.25, -0.2) is 0 Å². The smallest absolute Gasteiger partial charge is 0.0707 e. The summed E-state index contributed by atoms with van der Waals surface area (Å²) in [6, 6.07) is 10.3. The molecular weight excluding hydrogens is 234 g/mol. The van der Waals surface area contributed by atoms with Crippen LogP contribution in [0.25, 0.3) is 10.9 Å². The molecule has 1 aromatic heterocycles. The first-order valence-electron chi connectivity index (χ1n) is 5.69. The third-order valence-electron chi connectivity index (χ3n) is 2.72. The van der Waals surface area contributed by atoms with Crippen LogP contribution in [0.2, 0.25) is 0 Å². The standard InChI is InChI=1S/C14H16ClNO/c1-10-7-11(8-12(15)9-17-2)13-5-3-4-6-14(13)16-10/h3-7,12H,8-9H2,1-2H3. The molecule has 3 heteroatoms. The van der Waals surface area contributed by atoms with E-state index in [0.717, 1.165) is 17.6 Å². The third kappa shape index (κ3) is 2.96. The van der Waals surface area contributed by atoms with Crippen molar-refractivity contribution in [2.75, 3.05) is 13.7 Å². The van der Waals surface area contributed by atoms with Crippen molar-refractivity contribution in [1.29, 1.82) is 0 Å². The number of benzene rings is 1. The lowest BCUT2D eigenvalue weighted by Gasteiger charge is -2.11. The van der Waals surface area contributed by atoms with Crippen LogP contribution in [0.3, 0.4) is 0 Å². The Hall–Kier alpha value is -1.12. The summed E-state index contributed by atoms with van der Waals surface area (Å²) in [6.45, 7) is 2.58. The van der Waals surface area contributed by atoms with E-state index in [9.17, 15) is 0 Å². The maximum atomic E-state index is 6.22. The minimum absolute atomic E-state index is 0.00482. The van der Waals surface area contributed by atoms with Crippen molar-refractivity contribution in [2.24, 2.45) is 0 Å². The first kappa shape index (κ1) is 12.3. The zero-order chi connectivity index (χ0) is 12.3. The summed E-state index contributed by atoms with van der Waals surface area (Å²) in [4.78, 5) is 4.52. The Balaban J connectivity index is 2.38. The van der Waals surface area contributed by atoms with Gasteiger partial charge in [-0.3, -0.25) is 4.98 Å². The second-order valence-corrected chi connectivity index (χ2v) is 4.81. The molecule has 0 amide bonds. The fraction of sp³-hybridized carbons (Fsp3) is 0.357. The van der Waals surface area contributed by atoms with E-state index in [1.165, 1.54) is 10.9 Å². The first-order valence-corrected chi connectivity index (χ1v) is 6.12. The van der Waals surface area contributed by atoms with Gasteiger partial charge in [-0.1, -0.05) is 18.2 Å². The molecule has 0 fully saturated rings. The summed E-state index contributed by atoms with van der Waals surface area (Å²) in [6.07, 6.45) is 0.805. The van der Waals surface area contributed by atoms with Gasteiger partial charge in [0.2, 0.25) is 0 Å². The molecule has 0 saturated carbocycles. The monoisotopic (exact) mass is 249 g/mol. The molecule has 1 atom stereocenters. The lowest BCUT2D eigenvalue weighted by Crippen LogP contribution is -2.11. The molecule has 0 aliphatic heterocycles. The molecule has 0 N–H and O–H groups in total. The van der Waals surface area contributed by atoms with E-state index in [1.807, 2.05) is 25.1 Å². The minimum atomic E-state index is 0.00482. The number of fused-ring (bicyclic) bond motifs is 1. The molecule has 1 heterocycles. The van der Waals surface area contributed by atoms with Gasteiger partial charge < -0.3 is 4.74 Å². The number of halogens is 1. The number of nitrogens with zero attached hydrogens (tertiary/aromatic N) is 1. The summed E-state index contributed by atoms with van der Waals surface area (Å²) in [5.74, 6) is 0. The number of ether oxygens (including phenoxy) is 1. The topological polar surface area (TPSA) is 22.1 Å². The molecule has 2 nitrogen and oxygen atoms in total. The van der Waals surface area contributed by atoms with Crippen molar-refractivity contribution in [3.05, 3.63) is 41.6 Å². The van der Waals surface area contributed by atoms with Crippen LogP contribution in [-0.4, -0.2) is 24.1 Å². The van der Waals surface area contributed by atoms with Crippen molar-refractivity contribution >= 4 is 22.5 Å². The van der Waals surface area contributed by atoms with Gasteiger partial charge in [-0.2, -0.15) is 0 Å². The van der Waals surface area contributed by atoms with Crippen LogP contribution in [-0.2, 0) is 11.2 Å². The third-order valence-corrected chi connectivity index (χ3v) is 3.00. The van der Waals surface area contributed by atoms with E-state index in [1.54, 1.807) is 7.11 Å². The molecular formula is C14H16ClNO. The van der Waals surface area contributed by atoms with Gasteiger partial charge in [0.1, 0.15) is 0 Å². The number of aryl methyl sites for hydroxylation is 1. The van der Waals surface area contributed by atoms with Crippen LogP contribution in [0.5, 0.6) is 0 Å². The van der Waals surface area contributed by atoms with Crippen LogP contribution in [0, 0.1) is 6.92 Å². The highest BCUT2D eigenvalue weighted by Crippen LogP contribution is 2.20. The van der Waals surface area contributed by atoms with Gasteiger partial charge >= 0.3 is 0 Å². The molecule has 17 heavy (non-hydrogen) atoms. The average Bonchev–Trinajstić information content (AvgIpc) is 2.29. The van der Waals surface area contributed by atoms with Gasteiger partial charge in [0.25, 0.3) is 0 Å². The highest BCUT2D eigenvalue weighted by atomic mass is 35.5. The number of alkyl halides is 1. The number of pyridine rings is 1. The molecule has 2 aromatic rings. The number of hydrogen-bond acceptors (Lipinski definition) is 2. The zero-order valence-corrected chi connectivity index (χ0v) is 10.9. The van der Waals surface area contributed by atoms with Crippen molar-refractivity contribution in [3.8, 4) is 0 Å². The number of para-hydroxylation sites is 1. The molecule has 0 aliphatic rings. The van der Waals surface area contributed by atoms with Crippen LogP contribution >= 0.6 is 11.6 Å². The summed E-state index contributed by atoms with van der Waals surface area (Å²) in [7, 11) is 1.67. The van der Waals surface area contributed by atoms with Gasteiger partial charge in [0.05, 0.1) is 17.5 Å². The van der Waals surface area contributed by atoms with E-state index in [-0.39, 0.29) is 5.38 Å². The van der Waals surface area contributed by atoms with E-state index in [2.05, 4.69) is 17.1 Å². The Morgan fingerprint density at radius 3 is 2.88 bits per heavy atom. The van der Waals surface area contributed by atoms with Crippen molar-refractivity contribution in [3.63, 3.8) is 0 Å². The molecule has 0 spiro atoms. The fourth-order valence-corrected chi connectivity index (χ4v) is 2.33. The van der Waals surface area contributed by atoms with E-state index < -0.39 is 0 Å². The molecule has 1 aromatic carbocycles. The normalized spacial score (nSPS) is 12.9. The van der Waals surface area contributed by atoms with Crippen molar-refractivity contribution in [2.45, 2.75) is 18.7 Å². The van der Waals surface area contributed by atoms with Gasteiger partial charge in [-0.05, 0) is 31.0 Å². The van der Waals surface area contributed by atoms with Gasteiger partial charge in [-0.15, -0.1) is 11.6 Å².